The molecule has 0 saturated carbocycles. The van der Waals surface area contributed by atoms with Gasteiger partial charge in [-0.05, 0) is 74.4 Å². The summed E-state index contributed by atoms with van der Waals surface area (Å²) in [6.07, 6.45) is 3.62. The number of hydrogen-bond acceptors (Lipinski definition) is 2. The van der Waals surface area contributed by atoms with Gasteiger partial charge in [0.05, 0.1) is 0 Å². The SMILES string of the molecule is Cc1ccc(NC2CCCN(C(=O)CCc3ccccc3C)C2)cc1C. The van der Waals surface area contributed by atoms with Gasteiger partial charge in [0.1, 0.15) is 0 Å². The maximum Gasteiger partial charge on any atom is 0.222 e. The maximum absolute atomic E-state index is 12.7. The predicted octanol–water partition coefficient (Wildman–Crippen LogP) is 4.65. The number of anilines is 1. The number of amides is 1. The van der Waals surface area contributed by atoms with Gasteiger partial charge in [0, 0.05) is 31.2 Å². The average molecular weight is 351 g/mol. The number of rotatable bonds is 5. The first kappa shape index (κ1) is 18.5. The Morgan fingerprint density at radius 3 is 2.65 bits per heavy atom. The lowest BCUT2D eigenvalue weighted by atomic mass is 10.0. The van der Waals surface area contributed by atoms with E-state index in [0.717, 1.165) is 38.0 Å². The molecule has 1 N–H and O–H groups in total. The van der Waals surface area contributed by atoms with Crippen LogP contribution in [0.5, 0.6) is 0 Å². The lowest BCUT2D eigenvalue weighted by molar-refractivity contribution is -0.132. The average Bonchev–Trinajstić information content (AvgIpc) is 2.64. The molecule has 0 spiro atoms. The Kier molecular flexibility index (Phi) is 5.97. The quantitative estimate of drug-likeness (QED) is 0.851. The van der Waals surface area contributed by atoms with Crippen LogP contribution in [0.2, 0.25) is 0 Å². The van der Waals surface area contributed by atoms with Crippen molar-refractivity contribution in [1.29, 1.82) is 0 Å². The van der Waals surface area contributed by atoms with E-state index in [1.807, 2.05) is 11.0 Å². The van der Waals surface area contributed by atoms with Gasteiger partial charge in [-0.15, -0.1) is 0 Å². The summed E-state index contributed by atoms with van der Waals surface area (Å²) in [5.41, 5.74) is 6.33. The smallest absolute Gasteiger partial charge is 0.222 e. The molecule has 1 atom stereocenters. The number of piperidine rings is 1. The van der Waals surface area contributed by atoms with Gasteiger partial charge in [-0.1, -0.05) is 30.3 Å². The molecule has 1 unspecified atom stereocenters. The molecular formula is C23H30N2O. The van der Waals surface area contributed by atoms with E-state index < -0.39 is 0 Å². The number of benzene rings is 2. The van der Waals surface area contributed by atoms with Gasteiger partial charge in [0.25, 0.3) is 0 Å². The summed E-state index contributed by atoms with van der Waals surface area (Å²) in [5.74, 6) is 0.278. The highest BCUT2D eigenvalue weighted by Crippen LogP contribution is 2.20. The molecular weight excluding hydrogens is 320 g/mol. The molecule has 1 aliphatic heterocycles. The second-order valence-electron chi connectivity index (χ2n) is 7.55. The van der Waals surface area contributed by atoms with Crippen LogP contribution in [-0.4, -0.2) is 29.9 Å². The molecule has 0 bridgehead atoms. The van der Waals surface area contributed by atoms with Gasteiger partial charge in [-0.25, -0.2) is 0 Å². The summed E-state index contributed by atoms with van der Waals surface area (Å²) in [5, 5.41) is 3.62. The van der Waals surface area contributed by atoms with Crippen LogP contribution in [0, 0.1) is 20.8 Å². The molecule has 1 heterocycles. The molecule has 0 aromatic heterocycles. The molecule has 2 aromatic carbocycles. The Morgan fingerprint density at radius 1 is 1.08 bits per heavy atom. The summed E-state index contributed by atoms with van der Waals surface area (Å²) in [4.78, 5) is 14.7. The summed E-state index contributed by atoms with van der Waals surface area (Å²) in [6, 6.07) is 15.2. The third kappa shape index (κ3) is 4.66. The fourth-order valence-electron chi connectivity index (χ4n) is 3.68. The van der Waals surface area contributed by atoms with Crippen molar-refractivity contribution in [2.45, 2.75) is 52.5 Å². The van der Waals surface area contributed by atoms with Crippen LogP contribution in [0.25, 0.3) is 0 Å². The van der Waals surface area contributed by atoms with E-state index in [2.05, 4.69) is 62.5 Å². The van der Waals surface area contributed by atoms with E-state index in [4.69, 9.17) is 0 Å². The Morgan fingerprint density at radius 2 is 1.88 bits per heavy atom. The van der Waals surface area contributed by atoms with Crippen LogP contribution >= 0.6 is 0 Å². The summed E-state index contributed by atoms with van der Waals surface area (Å²) < 4.78 is 0. The number of aryl methyl sites for hydroxylation is 4. The van der Waals surface area contributed by atoms with E-state index in [1.54, 1.807) is 0 Å². The number of nitrogens with one attached hydrogen (secondary N) is 1. The molecule has 138 valence electrons. The van der Waals surface area contributed by atoms with Crippen LogP contribution in [0.3, 0.4) is 0 Å². The molecule has 1 amide bonds. The summed E-state index contributed by atoms with van der Waals surface area (Å²) in [7, 11) is 0. The maximum atomic E-state index is 12.7. The highest BCUT2D eigenvalue weighted by atomic mass is 16.2. The van der Waals surface area contributed by atoms with Crippen molar-refractivity contribution >= 4 is 11.6 Å². The Balaban J connectivity index is 1.54. The molecule has 3 nitrogen and oxygen atoms in total. The van der Waals surface area contributed by atoms with Gasteiger partial charge in [0.2, 0.25) is 5.91 Å². The minimum Gasteiger partial charge on any atom is -0.381 e. The fraction of sp³-hybridized carbons (Fsp3) is 0.435. The molecule has 0 radical (unpaired) electrons. The topological polar surface area (TPSA) is 32.3 Å². The lowest BCUT2D eigenvalue weighted by Gasteiger charge is -2.34. The van der Waals surface area contributed by atoms with Gasteiger partial charge >= 0.3 is 0 Å². The molecule has 1 fully saturated rings. The molecule has 0 aliphatic carbocycles. The third-order valence-corrected chi connectivity index (χ3v) is 5.52. The molecule has 26 heavy (non-hydrogen) atoms. The van der Waals surface area contributed by atoms with Gasteiger partial charge < -0.3 is 10.2 Å². The van der Waals surface area contributed by atoms with Crippen molar-refractivity contribution in [2.75, 3.05) is 18.4 Å². The lowest BCUT2D eigenvalue weighted by Crippen LogP contribution is -2.45. The van der Waals surface area contributed by atoms with E-state index in [9.17, 15) is 4.79 Å². The van der Waals surface area contributed by atoms with Crippen LogP contribution in [0.1, 0.15) is 41.5 Å². The van der Waals surface area contributed by atoms with Crippen LogP contribution in [0.15, 0.2) is 42.5 Å². The first-order chi connectivity index (χ1) is 12.5. The van der Waals surface area contributed by atoms with Crippen LogP contribution in [0.4, 0.5) is 5.69 Å². The zero-order valence-corrected chi connectivity index (χ0v) is 16.2. The van der Waals surface area contributed by atoms with Crippen molar-refractivity contribution in [3.05, 3.63) is 64.7 Å². The fourth-order valence-corrected chi connectivity index (χ4v) is 3.68. The van der Waals surface area contributed by atoms with Crippen molar-refractivity contribution in [1.82, 2.24) is 4.90 Å². The van der Waals surface area contributed by atoms with Crippen LogP contribution in [-0.2, 0) is 11.2 Å². The van der Waals surface area contributed by atoms with E-state index in [-0.39, 0.29) is 5.91 Å². The molecule has 2 aromatic rings. The summed E-state index contributed by atoms with van der Waals surface area (Å²) >= 11 is 0. The largest absolute Gasteiger partial charge is 0.381 e. The van der Waals surface area contributed by atoms with Gasteiger partial charge in [-0.2, -0.15) is 0 Å². The van der Waals surface area contributed by atoms with Crippen LogP contribution < -0.4 is 5.32 Å². The Bertz CT molecular complexity index is 769. The minimum absolute atomic E-state index is 0.278. The first-order valence-corrected chi connectivity index (χ1v) is 9.69. The Labute approximate surface area is 157 Å². The predicted molar refractivity (Wildman–Crippen MR) is 109 cm³/mol. The highest BCUT2D eigenvalue weighted by molar-refractivity contribution is 5.76. The van der Waals surface area contributed by atoms with Crippen molar-refractivity contribution in [3.8, 4) is 0 Å². The van der Waals surface area contributed by atoms with E-state index in [0.29, 0.717) is 12.5 Å². The Hall–Kier alpha value is -2.29. The third-order valence-electron chi connectivity index (χ3n) is 5.52. The minimum atomic E-state index is 0.278. The number of hydrogen-bond donors (Lipinski definition) is 1. The number of carbonyl (C=O) groups excluding carboxylic acids is 1. The molecule has 3 rings (SSSR count). The summed E-state index contributed by atoms with van der Waals surface area (Å²) in [6.45, 7) is 8.08. The highest BCUT2D eigenvalue weighted by Gasteiger charge is 2.23. The zero-order chi connectivity index (χ0) is 18.5. The van der Waals surface area contributed by atoms with Crippen molar-refractivity contribution < 1.29 is 4.79 Å². The number of carbonyl (C=O) groups is 1. The van der Waals surface area contributed by atoms with Gasteiger partial charge in [0.15, 0.2) is 0 Å². The second-order valence-corrected chi connectivity index (χ2v) is 7.55. The molecule has 1 aliphatic rings. The second kappa shape index (κ2) is 8.39. The normalized spacial score (nSPS) is 17.2. The standard InChI is InChI=1S/C23H30N2O/c1-17-10-12-21(15-19(17)3)24-22-9-6-14-25(16-22)23(26)13-11-20-8-5-4-7-18(20)2/h4-5,7-8,10,12,15,22,24H,6,9,11,13-14,16H2,1-3H3. The first-order valence-electron chi connectivity index (χ1n) is 9.69. The van der Waals surface area contributed by atoms with Crippen molar-refractivity contribution in [2.24, 2.45) is 0 Å². The van der Waals surface area contributed by atoms with E-state index in [1.165, 1.54) is 22.3 Å². The van der Waals surface area contributed by atoms with E-state index >= 15 is 0 Å². The number of likely N-dealkylation sites (tertiary alicyclic amines) is 1. The molecule has 1 saturated heterocycles. The van der Waals surface area contributed by atoms with Crippen molar-refractivity contribution in [3.63, 3.8) is 0 Å². The monoisotopic (exact) mass is 350 g/mol. The number of nitrogens with zero attached hydrogens (tertiary/aromatic N) is 1. The molecule has 3 heteroatoms. The zero-order valence-electron chi connectivity index (χ0n) is 16.2. The van der Waals surface area contributed by atoms with Gasteiger partial charge in [-0.3, -0.25) is 4.79 Å².